The number of H-pyrrole nitrogens is 1. The molecule has 0 aliphatic carbocycles. The topological polar surface area (TPSA) is 50.7 Å². The number of hydrogen-bond acceptors (Lipinski definition) is 3. The van der Waals surface area contributed by atoms with Crippen LogP contribution in [0.15, 0.2) is 9.95 Å². The Morgan fingerprint density at radius 3 is 2.80 bits per heavy atom. The number of thioether (sulfide) groups is 1. The average molecular weight is 159 g/mol. The van der Waals surface area contributed by atoms with Gasteiger partial charge in [-0.25, -0.2) is 9.48 Å². The number of aromatic nitrogens is 3. The van der Waals surface area contributed by atoms with Gasteiger partial charge in [-0.1, -0.05) is 11.8 Å². The van der Waals surface area contributed by atoms with Crippen molar-refractivity contribution in [3.05, 3.63) is 10.5 Å². The minimum Gasteiger partial charge on any atom is -0.284 e. The largest absolute Gasteiger partial charge is 0.343 e. The zero-order chi connectivity index (χ0) is 7.56. The molecule has 56 valence electrons. The van der Waals surface area contributed by atoms with Crippen molar-refractivity contribution in [1.29, 1.82) is 0 Å². The summed E-state index contributed by atoms with van der Waals surface area (Å²) in [6, 6.07) is 0. The van der Waals surface area contributed by atoms with E-state index in [2.05, 4.69) is 10.1 Å². The van der Waals surface area contributed by atoms with Crippen molar-refractivity contribution in [2.75, 3.05) is 6.26 Å². The molecule has 0 saturated heterocycles. The van der Waals surface area contributed by atoms with Gasteiger partial charge in [0.05, 0.1) is 0 Å². The van der Waals surface area contributed by atoms with E-state index in [1.54, 1.807) is 0 Å². The SMILES string of the molecule is CCn1nc(SC)[nH]c1=O. The lowest BCUT2D eigenvalue weighted by atomic mass is 10.8. The third-order valence-corrected chi connectivity index (χ3v) is 1.72. The summed E-state index contributed by atoms with van der Waals surface area (Å²) in [5.41, 5.74) is -0.133. The van der Waals surface area contributed by atoms with Gasteiger partial charge in [-0.2, -0.15) is 0 Å². The standard InChI is InChI=1S/C5H9N3OS/c1-3-8-5(9)6-4(7-8)10-2/h3H2,1-2H3,(H,6,7,9). The van der Waals surface area contributed by atoms with Crippen molar-refractivity contribution in [2.24, 2.45) is 0 Å². The smallest absolute Gasteiger partial charge is 0.284 e. The maximum Gasteiger partial charge on any atom is 0.343 e. The molecule has 0 amide bonds. The van der Waals surface area contributed by atoms with Crippen LogP contribution >= 0.6 is 11.8 Å². The highest BCUT2D eigenvalue weighted by Crippen LogP contribution is 2.02. The number of rotatable bonds is 2. The Morgan fingerprint density at radius 2 is 2.50 bits per heavy atom. The number of aryl methyl sites for hydroxylation is 1. The molecule has 5 heteroatoms. The summed E-state index contributed by atoms with van der Waals surface area (Å²) in [6.07, 6.45) is 1.87. The normalized spacial score (nSPS) is 10.2. The van der Waals surface area contributed by atoms with Crippen LogP contribution in [0.3, 0.4) is 0 Å². The van der Waals surface area contributed by atoms with Gasteiger partial charge in [0, 0.05) is 6.54 Å². The van der Waals surface area contributed by atoms with Gasteiger partial charge in [0.2, 0.25) is 0 Å². The molecule has 0 saturated carbocycles. The summed E-state index contributed by atoms with van der Waals surface area (Å²) >= 11 is 1.43. The highest BCUT2D eigenvalue weighted by molar-refractivity contribution is 7.98. The van der Waals surface area contributed by atoms with Gasteiger partial charge in [-0.05, 0) is 13.2 Å². The molecule has 1 heterocycles. The molecule has 1 aromatic rings. The second-order valence-electron chi connectivity index (χ2n) is 1.76. The van der Waals surface area contributed by atoms with Gasteiger partial charge in [0.1, 0.15) is 0 Å². The van der Waals surface area contributed by atoms with Gasteiger partial charge in [-0.3, -0.25) is 4.98 Å². The van der Waals surface area contributed by atoms with Crippen molar-refractivity contribution in [3.63, 3.8) is 0 Å². The average Bonchev–Trinajstić information content (AvgIpc) is 2.30. The Labute approximate surface area is 62.6 Å². The first-order valence-electron chi connectivity index (χ1n) is 2.99. The summed E-state index contributed by atoms with van der Waals surface area (Å²) < 4.78 is 1.39. The summed E-state index contributed by atoms with van der Waals surface area (Å²) in [4.78, 5) is 13.5. The third kappa shape index (κ3) is 1.23. The second kappa shape index (κ2) is 2.92. The Kier molecular flexibility index (Phi) is 2.16. The van der Waals surface area contributed by atoms with Crippen molar-refractivity contribution < 1.29 is 0 Å². The second-order valence-corrected chi connectivity index (χ2v) is 2.55. The van der Waals surface area contributed by atoms with Crippen LogP contribution in [0, 0.1) is 0 Å². The van der Waals surface area contributed by atoms with E-state index in [9.17, 15) is 4.79 Å². The first kappa shape index (κ1) is 7.40. The minimum absolute atomic E-state index is 0.133. The molecule has 1 aromatic heterocycles. The zero-order valence-electron chi connectivity index (χ0n) is 5.92. The molecular weight excluding hydrogens is 150 g/mol. The first-order valence-corrected chi connectivity index (χ1v) is 4.21. The van der Waals surface area contributed by atoms with Gasteiger partial charge in [0.15, 0.2) is 5.16 Å². The fourth-order valence-electron chi connectivity index (χ4n) is 0.642. The summed E-state index contributed by atoms with van der Waals surface area (Å²) in [7, 11) is 0. The van der Waals surface area contributed by atoms with Gasteiger partial charge >= 0.3 is 5.69 Å². The first-order chi connectivity index (χ1) is 4.77. The fraction of sp³-hybridized carbons (Fsp3) is 0.600. The Morgan fingerprint density at radius 1 is 1.80 bits per heavy atom. The number of aromatic amines is 1. The van der Waals surface area contributed by atoms with Crippen LogP contribution < -0.4 is 5.69 Å². The van der Waals surface area contributed by atoms with E-state index < -0.39 is 0 Å². The minimum atomic E-state index is -0.133. The molecule has 1 N–H and O–H groups in total. The van der Waals surface area contributed by atoms with Crippen LogP contribution in [0.25, 0.3) is 0 Å². The van der Waals surface area contributed by atoms with Crippen LogP contribution in [0.5, 0.6) is 0 Å². The van der Waals surface area contributed by atoms with Crippen molar-refractivity contribution in [1.82, 2.24) is 14.8 Å². The van der Waals surface area contributed by atoms with Gasteiger partial charge < -0.3 is 0 Å². The number of nitrogens with one attached hydrogen (secondary N) is 1. The third-order valence-electron chi connectivity index (χ3n) is 1.15. The van der Waals surface area contributed by atoms with Crippen LogP contribution in [0.1, 0.15) is 6.92 Å². The van der Waals surface area contributed by atoms with E-state index in [0.717, 1.165) is 0 Å². The summed E-state index contributed by atoms with van der Waals surface area (Å²) in [5, 5.41) is 4.63. The highest BCUT2D eigenvalue weighted by Gasteiger charge is 1.99. The Bertz CT molecular complexity index is 264. The molecule has 0 spiro atoms. The summed E-state index contributed by atoms with van der Waals surface area (Å²) in [6.45, 7) is 2.50. The number of hydrogen-bond donors (Lipinski definition) is 1. The van der Waals surface area contributed by atoms with Crippen LogP contribution in [-0.2, 0) is 6.54 Å². The van der Waals surface area contributed by atoms with Crippen molar-refractivity contribution >= 4 is 11.8 Å². The molecular formula is C5H9N3OS. The number of nitrogens with zero attached hydrogens (tertiary/aromatic N) is 2. The molecule has 0 bridgehead atoms. The summed E-state index contributed by atoms with van der Waals surface area (Å²) in [5.74, 6) is 0. The lowest BCUT2D eigenvalue weighted by Crippen LogP contribution is -2.16. The molecule has 0 atom stereocenters. The molecule has 0 radical (unpaired) electrons. The van der Waals surface area contributed by atoms with E-state index in [1.807, 2.05) is 13.2 Å². The maximum absolute atomic E-state index is 10.9. The predicted molar refractivity (Wildman–Crippen MR) is 40.3 cm³/mol. The predicted octanol–water partition coefficient (Wildman–Crippen LogP) is 0.313. The monoisotopic (exact) mass is 159 g/mol. The van der Waals surface area contributed by atoms with Crippen LogP contribution in [-0.4, -0.2) is 21.0 Å². The molecule has 4 nitrogen and oxygen atoms in total. The molecule has 0 aliphatic heterocycles. The van der Waals surface area contributed by atoms with E-state index in [1.165, 1.54) is 16.4 Å². The van der Waals surface area contributed by atoms with E-state index >= 15 is 0 Å². The zero-order valence-corrected chi connectivity index (χ0v) is 6.73. The lowest BCUT2D eigenvalue weighted by molar-refractivity contribution is 0.621. The molecule has 1 rings (SSSR count). The van der Waals surface area contributed by atoms with E-state index in [-0.39, 0.29) is 5.69 Å². The lowest BCUT2D eigenvalue weighted by Gasteiger charge is -1.86. The van der Waals surface area contributed by atoms with Crippen LogP contribution in [0.2, 0.25) is 0 Å². The van der Waals surface area contributed by atoms with Gasteiger partial charge in [-0.15, -0.1) is 5.10 Å². The fourth-order valence-corrected chi connectivity index (χ4v) is 1.01. The Balaban J connectivity index is 3.04. The quantitative estimate of drug-likeness (QED) is 0.632. The molecule has 0 aromatic carbocycles. The molecule has 0 fully saturated rings. The van der Waals surface area contributed by atoms with E-state index in [0.29, 0.717) is 11.7 Å². The van der Waals surface area contributed by atoms with E-state index in [4.69, 9.17) is 0 Å². The molecule has 10 heavy (non-hydrogen) atoms. The molecule has 0 unspecified atom stereocenters. The highest BCUT2D eigenvalue weighted by atomic mass is 32.2. The van der Waals surface area contributed by atoms with Crippen molar-refractivity contribution in [3.8, 4) is 0 Å². The molecule has 0 aliphatic rings. The van der Waals surface area contributed by atoms with Crippen LogP contribution in [0.4, 0.5) is 0 Å². The van der Waals surface area contributed by atoms with Crippen molar-refractivity contribution in [2.45, 2.75) is 18.6 Å². The van der Waals surface area contributed by atoms with Gasteiger partial charge in [0.25, 0.3) is 0 Å². The maximum atomic E-state index is 10.9. The Hall–Kier alpha value is -0.710.